The molecule has 1 aliphatic carbocycles. The lowest BCUT2D eigenvalue weighted by atomic mass is 9.97. The minimum Gasteiger partial charge on any atom is -0.309 e. The lowest BCUT2D eigenvalue weighted by Gasteiger charge is -2.20. The Morgan fingerprint density at radius 2 is 2.00 bits per heavy atom. The second kappa shape index (κ2) is 5.53. The van der Waals surface area contributed by atoms with Crippen molar-refractivity contribution in [1.82, 2.24) is 0 Å². The van der Waals surface area contributed by atoms with Gasteiger partial charge in [0.25, 0.3) is 0 Å². The zero-order valence-corrected chi connectivity index (χ0v) is 13.9. The molecule has 98 valence electrons. The lowest BCUT2D eigenvalue weighted by molar-refractivity contribution is 0.185. The molecular formula is C12H14BrO2PS2. The fraction of sp³-hybridized carbons (Fsp3) is 0.500. The van der Waals surface area contributed by atoms with Crippen LogP contribution in [0, 0.1) is 0 Å². The number of halogens is 1. The smallest absolute Gasteiger partial charge is 0.309 e. The summed E-state index contributed by atoms with van der Waals surface area (Å²) in [6.07, 6.45) is 4.91. The average Bonchev–Trinajstić information content (AvgIpc) is 2.68. The molecule has 0 radical (unpaired) electrons. The first-order chi connectivity index (χ1) is 8.65. The summed E-state index contributed by atoms with van der Waals surface area (Å²) in [4.78, 5) is 1.02. The Balaban J connectivity index is 1.72. The first-order valence-corrected chi connectivity index (χ1v) is 11.4. The van der Waals surface area contributed by atoms with Gasteiger partial charge < -0.3 is 4.52 Å². The van der Waals surface area contributed by atoms with Crippen molar-refractivity contribution in [2.24, 2.45) is 0 Å². The molecule has 3 atom stereocenters. The third-order valence-electron chi connectivity index (χ3n) is 3.20. The van der Waals surface area contributed by atoms with Gasteiger partial charge in [-0.05, 0) is 48.5 Å². The maximum atomic E-state index is 12.7. The molecule has 0 aromatic heterocycles. The Bertz CT molecular complexity index is 461. The van der Waals surface area contributed by atoms with Gasteiger partial charge in [0.15, 0.2) is 0 Å². The highest BCUT2D eigenvalue weighted by Crippen LogP contribution is 2.79. The van der Waals surface area contributed by atoms with E-state index in [1.807, 2.05) is 24.3 Å². The SMILES string of the molecule is O=P1(Sc2ccc(Br)cc2)O[C@@H]2CCCC[C@H]2S1. The summed E-state index contributed by atoms with van der Waals surface area (Å²) in [5, 5.41) is 0.451. The standard InChI is InChI=1S/C12H14BrO2PS2/c13-9-5-7-10(8-6-9)17-16(14)15-11-3-1-2-4-12(11)18-16/h5-8,11-12H,1-4H2/t11-,12-,16?/m1/s1. The monoisotopic (exact) mass is 364 g/mol. The van der Waals surface area contributed by atoms with Crippen molar-refractivity contribution in [3.05, 3.63) is 28.7 Å². The maximum absolute atomic E-state index is 12.7. The molecule has 1 aromatic rings. The van der Waals surface area contributed by atoms with E-state index < -0.39 is 5.77 Å². The van der Waals surface area contributed by atoms with Crippen LogP contribution in [-0.2, 0) is 9.09 Å². The number of fused-ring (bicyclic) bond motifs is 1. The second-order valence-electron chi connectivity index (χ2n) is 4.56. The van der Waals surface area contributed by atoms with Crippen molar-refractivity contribution in [3.8, 4) is 0 Å². The van der Waals surface area contributed by atoms with Crippen molar-refractivity contribution in [1.29, 1.82) is 0 Å². The Hall–Kier alpha value is 0.590. The van der Waals surface area contributed by atoms with Crippen molar-refractivity contribution in [3.63, 3.8) is 0 Å². The zero-order valence-electron chi connectivity index (χ0n) is 9.75. The molecule has 3 rings (SSSR count). The van der Waals surface area contributed by atoms with Crippen molar-refractivity contribution >= 4 is 44.5 Å². The lowest BCUT2D eigenvalue weighted by Crippen LogP contribution is -2.23. The number of benzene rings is 1. The van der Waals surface area contributed by atoms with Gasteiger partial charge in [-0.15, -0.1) is 0 Å². The first kappa shape index (κ1) is 13.6. The molecule has 1 aliphatic heterocycles. The quantitative estimate of drug-likeness (QED) is 0.626. The summed E-state index contributed by atoms with van der Waals surface area (Å²) in [7, 11) is 0. The topological polar surface area (TPSA) is 26.3 Å². The second-order valence-corrected chi connectivity index (χ2v) is 12.8. The molecule has 0 bridgehead atoms. The fourth-order valence-corrected chi connectivity index (χ4v) is 10.9. The highest BCUT2D eigenvalue weighted by Gasteiger charge is 2.45. The van der Waals surface area contributed by atoms with E-state index >= 15 is 0 Å². The summed E-state index contributed by atoms with van der Waals surface area (Å²) >= 11 is 6.39. The van der Waals surface area contributed by atoms with Crippen molar-refractivity contribution in [2.75, 3.05) is 0 Å². The third kappa shape index (κ3) is 3.01. The van der Waals surface area contributed by atoms with Crippen LogP contribution in [0.2, 0.25) is 0 Å². The van der Waals surface area contributed by atoms with E-state index in [4.69, 9.17) is 4.52 Å². The zero-order chi connectivity index (χ0) is 12.6. The summed E-state index contributed by atoms with van der Waals surface area (Å²) in [5.74, 6) is -2.59. The molecule has 18 heavy (non-hydrogen) atoms. The van der Waals surface area contributed by atoms with Crippen LogP contribution in [-0.4, -0.2) is 11.4 Å². The van der Waals surface area contributed by atoms with Crippen LogP contribution in [0.25, 0.3) is 0 Å². The Morgan fingerprint density at radius 1 is 1.28 bits per heavy atom. The molecule has 2 nitrogen and oxygen atoms in total. The predicted octanol–water partition coefficient (Wildman–Crippen LogP) is 5.72. The van der Waals surface area contributed by atoms with E-state index in [2.05, 4.69) is 15.9 Å². The molecule has 1 saturated heterocycles. The largest absolute Gasteiger partial charge is 0.318 e. The van der Waals surface area contributed by atoms with E-state index in [9.17, 15) is 4.57 Å². The van der Waals surface area contributed by atoms with E-state index in [0.29, 0.717) is 5.25 Å². The van der Waals surface area contributed by atoms with Gasteiger partial charge in [0.2, 0.25) is 0 Å². The number of hydrogen-bond acceptors (Lipinski definition) is 4. The molecule has 1 aromatic carbocycles. The molecule has 1 saturated carbocycles. The molecule has 0 spiro atoms. The van der Waals surface area contributed by atoms with Crippen LogP contribution in [0.15, 0.2) is 33.6 Å². The Morgan fingerprint density at radius 3 is 2.72 bits per heavy atom. The molecule has 0 amide bonds. The summed E-state index contributed by atoms with van der Waals surface area (Å²) in [6.45, 7) is 0. The molecule has 0 N–H and O–H groups in total. The van der Waals surface area contributed by atoms with E-state index in [-0.39, 0.29) is 6.10 Å². The van der Waals surface area contributed by atoms with Crippen LogP contribution in [0.3, 0.4) is 0 Å². The Kier molecular flexibility index (Phi) is 4.17. The third-order valence-corrected chi connectivity index (χ3v) is 10.9. The highest BCUT2D eigenvalue weighted by atomic mass is 79.9. The van der Waals surface area contributed by atoms with Crippen LogP contribution in [0.4, 0.5) is 0 Å². The van der Waals surface area contributed by atoms with E-state index in [1.165, 1.54) is 24.2 Å². The van der Waals surface area contributed by atoms with Crippen molar-refractivity contribution in [2.45, 2.75) is 41.9 Å². The number of hydrogen-bond donors (Lipinski definition) is 0. The summed E-state index contributed by atoms with van der Waals surface area (Å²) < 4.78 is 19.6. The van der Waals surface area contributed by atoms with Crippen molar-refractivity contribution < 1.29 is 9.09 Å². The highest BCUT2D eigenvalue weighted by molar-refractivity contribution is 9.10. The van der Waals surface area contributed by atoms with Gasteiger partial charge in [-0.2, -0.15) is 0 Å². The van der Waals surface area contributed by atoms with Gasteiger partial charge in [0.05, 0.1) is 6.10 Å². The molecule has 2 aliphatic rings. The molecule has 1 unspecified atom stereocenters. The van der Waals surface area contributed by atoms with Crippen LogP contribution >= 0.6 is 44.5 Å². The van der Waals surface area contributed by atoms with Gasteiger partial charge >= 0.3 is 5.77 Å². The van der Waals surface area contributed by atoms with Crippen LogP contribution in [0.5, 0.6) is 0 Å². The van der Waals surface area contributed by atoms with Gasteiger partial charge in [0, 0.05) is 14.6 Å². The van der Waals surface area contributed by atoms with Crippen LogP contribution < -0.4 is 0 Å². The van der Waals surface area contributed by atoms with Gasteiger partial charge in [-0.3, -0.25) is 4.57 Å². The molecular weight excluding hydrogens is 351 g/mol. The van der Waals surface area contributed by atoms with Gasteiger partial charge in [0.1, 0.15) is 0 Å². The average molecular weight is 365 g/mol. The fourth-order valence-electron chi connectivity index (χ4n) is 2.33. The summed E-state index contributed by atoms with van der Waals surface area (Å²) in [5.41, 5.74) is 0. The molecule has 6 heteroatoms. The number of rotatable bonds is 2. The van der Waals surface area contributed by atoms with E-state index in [0.717, 1.165) is 22.2 Å². The first-order valence-electron chi connectivity index (χ1n) is 6.07. The van der Waals surface area contributed by atoms with Gasteiger partial charge in [-0.25, -0.2) is 0 Å². The normalized spacial score (nSPS) is 35.4. The van der Waals surface area contributed by atoms with Gasteiger partial charge in [-0.1, -0.05) is 40.2 Å². The van der Waals surface area contributed by atoms with E-state index in [1.54, 1.807) is 11.4 Å². The molecule has 1 heterocycles. The van der Waals surface area contributed by atoms with Crippen LogP contribution in [0.1, 0.15) is 25.7 Å². The minimum absolute atomic E-state index is 0.220. The maximum Gasteiger partial charge on any atom is 0.318 e. The molecule has 2 fully saturated rings. The minimum atomic E-state index is -2.59. The predicted molar refractivity (Wildman–Crippen MR) is 82.3 cm³/mol. The Labute approximate surface area is 124 Å². The summed E-state index contributed by atoms with van der Waals surface area (Å²) in [6, 6.07) is 7.92.